The average molecular weight is 360 g/mol. The molecule has 0 aliphatic heterocycles. The largest absolute Gasteiger partial charge is 0.441 e. The minimum Gasteiger partial charge on any atom is -0.441 e. The van der Waals surface area contributed by atoms with Gasteiger partial charge in [0.15, 0.2) is 0 Å². The van der Waals surface area contributed by atoms with Gasteiger partial charge in [0.25, 0.3) is 0 Å². The molecule has 2 N–H and O–H groups in total. The van der Waals surface area contributed by atoms with Gasteiger partial charge in [0.05, 0.1) is 6.54 Å². The van der Waals surface area contributed by atoms with E-state index in [4.69, 9.17) is 16.0 Å². The summed E-state index contributed by atoms with van der Waals surface area (Å²) in [6.45, 7) is 1.97. The molecule has 2 amide bonds. The second-order valence-electron chi connectivity index (χ2n) is 5.35. The van der Waals surface area contributed by atoms with Crippen LogP contribution in [0.2, 0.25) is 5.02 Å². The molecule has 128 valence electrons. The molecule has 5 nitrogen and oxygen atoms in total. The Kier molecular flexibility index (Phi) is 5.00. The zero-order valence-corrected chi connectivity index (χ0v) is 14.1. The van der Waals surface area contributed by atoms with Crippen molar-refractivity contribution in [2.24, 2.45) is 0 Å². The molecule has 0 aliphatic carbocycles. The van der Waals surface area contributed by atoms with Gasteiger partial charge in [-0.05, 0) is 49.4 Å². The number of hydrogen-bond donors (Lipinski definition) is 2. The van der Waals surface area contributed by atoms with Crippen molar-refractivity contribution >= 4 is 23.3 Å². The summed E-state index contributed by atoms with van der Waals surface area (Å²) in [6, 6.07) is 12.3. The molecule has 0 saturated carbocycles. The van der Waals surface area contributed by atoms with Crippen molar-refractivity contribution < 1.29 is 13.6 Å². The number of aryl methyl sites for hydroxylation is 1. The highest BCUT2D eigenvalue weighted by atomic mass is 35.5. The molecule has 1 aromatic heterocycles. The number of halogens is 2. The van der Waals surface area contributed by atoms with Gasteiger partial charge in [0, 0.05) is 16.3 Å². The Morgan fingerprint density at radius 2 is 2.00 bits per heavy atom. The molecule has 0 aliphatic rings. The van der Waals surface area contributed by atoms with Crippen LogP contribution in [0.3, 0.4) is 0 Å². The third-order valence-corrected chi connectivity index (χ3v) is 3.72. The van der Waals surface area contributed by atoms with Crippen LogP contribution in [-0.4, -0.2) is 11.0 Å². The molecule has 0 unspecified atom stereocenters. The third kappa shape index (κ3) is 4.36. The number of oxazole rings is 1. The first-order chi connectivity index (χ1) is 12.0. The van der Waals surface area contributed by atoms with E-state index in [9.17, 15) is 9.18 Å². The Bertz CT molecular complexity index is 894. The highest BCUT2D eigenvalue weighted by molar-refractivity contribution is 6.30. The predicted octanol–water partition coefficient (Wildman–Crippen LogP) is 4.76. The van der Waals surface area contributed by atoms with Crippen LogP contribution in [-0.2, 0) is 6.54 Å². The molecule has 1 heterocycles. The first-order valence-corrected chi connectivity index (χ1v) is 7.92. The van der Waals surface area contributed by atoms with E-state index < -0.39 is 6.03 Å². The van der Waals surface area contributed by atoms with Gasteiger partial charge in [0.1, 0.15) is 17.3 Å². The maximum Gasteiger partial charge on any atom is 0.319 e. The van der Waals surface area contributed by atoms with Crippen LogP contribution in [0.15, 0.2) is 52.9 Å². The molecule has 0 atom stereocenters. The number of rotatable bonds is 4. The number of hydrogen-bond acceptors (Lipinski definition) is 3. The fourth-order valence-corrected chi connectivity index (χ4v) is 2.40. The Morgan fingerprint density at radius 3 is 2.72 bits per heavy atom. The van der Waals surface area contributed by atoms with Gasteiger partial charge < -0.3 is 15.1 Å². The summed E-state index contributed by atoms with van der Waals surface area (Å²) >= 11 is 5.97. The van der Waals surface area contributed by atoms with Crippen LogP contribution >= 0.6 is 11.6 Å². The van der Waals surface area contributed by atoms with Crippen LogP contribution in [0.4, 0.5) is 14.9 Å². The summed E-state index contributed by atoms with van der Waals surface area (Å²) < 4.78 is 18.5. The molecule has 7 heteroatoms. The molecule has 2 aromatic carbocycles. The van der Waals surface area contributed by atoms with Gasteiger partial charge >= 0.3 is 6.03 Å². The zero-order valence-electron chi connectivity index (χ0n) is 13.3. The smallest absolute Gasteiger partial charge is 0.319 e. The summed E-state index contributed by atoms with van der Waals surface area (Å²) in [6.07, 6.45) is 0. The quantitative estimate of drug-likeness (QED) is 0.705. The summed E-state index contributed by atoms with van der Waals surface area (Å²) in [5, 5.41) is 5.89. The van der Waals surface area contributed by atoms with E-state index >= 15 is 0 Å². The number of nitrogens with one attached hydrogen (secondary N) is 2. The van der Waals surface area contributed by atoms with Crippen molar-refractivity contribution in [1.29, 1.82) is 0 Å². The van der Waals surface area contributed by atoms with Gasteiger partial charge in [-0.25, -0.2) is 14.2 Å². The fraction of sp³-hybridized carbons (Fsp3) is 0.111. The molecule has 0 radical (unpaired) electrons. The highest BCUT2D eigenvalue weighted by Crippen LogP contribution is 2.24. The van der Waals surface area contributed by atoms with Gasteiger partial charge in [-0.2, -0.15) is 0 Å². The van der Waals surface area contributed by atoms with E-state index in [-0.39, 0.29) is 12.4 Å². The maximum atomic E-state index is 12.8. The van der Waals surface area contributed by atoms with Crippen LogP contribution in [0.25, 0.3) is 11.5 Å². The Morgan fingerprint density at radius 1 is 1.24 bits per heavy atom. The molecule has 0 saturated heterocycles. The van der Waals surface area contributed by atoms with Crippen molar-refractivity contribution in [2.45, 2.75) is 13.5 Å². The monoisotopic (exact) mass is 359 g/mol. The van der Waals surface area contributed by atoms with Crippen molar-refractivity contribution in [1.82, 2.24) is 10.3 Å². The number of nitrogens with zero attached hydrogens (tertiary/aromatic N) is 1. The van der Waals surface area contributed by atoms with Crippen LogP contribution in [0.5, 0.6) is 0 Å². The van der Waals surface area contributed by atoms with Gasteiger partial charge in [-0.1, -0.05) is 17.7 Å². The van der Waals surface area contributed by atoms with Crippen LogP contribution in [0, 0.1) is 12.7 Å². The second kappa shape index (κ2) is 7.36. The van der Waals surface area contributed by atoms with Crippen molar-refractivity contribution in [2.75, 3.05) is 5.32 Å². The first kappa shape index (κ1) is 17.0. The van der Waals surface area contributed by atoms with Gasteiger partial charge in [-0.3, -0.25) is 0 Å². The Labute approximate surface area is 148 Å². The number of carbonyl (C=O) groups excluding carboxylic acids is 1. The number of urea groups is 1. The maximum absolute atomic E-state index is 12.8. The van der Waals surface area contributed by atoms with E-state index in [1.165, 1.54) is 24.3 Å². The molecular weight excluding hydrogens is 345 g/mol. The highest BCUT2D eigenvalue weighted by Gasteiger charge is 2.12. The SMILES string of the molecule is Cc1oc(-c2cccc(Cl)c2)nc1CNC(=O)Nc1ccc(F)cc1. The van der Waals surface area contributed by atoms with E-state index in [1.807, 2.05) is 12.1 Å². The molecule has 25 heavy (non-hydrogen) atoms. The molecule has 3 rings (SSSR count). The normalized spacial score (nSPS) is 10.5. The molecule has 3 aromatic rings. The van der Waals surface area contributed by atoms with E-state index in [1.54, 1.807) is 19.1 Å². The lowest BCUT2D eigenvalue weighted by atomic mass is 10.2. The van der Waals surface area contributed by atoms with Gasteiger partial charge in [-0.15, -0.1) is 0 Å². The number of anilines is 1. The molecule has 0 spiro atoms. The number of amides is 2. The van der Waals surface area contributed by atoms with Gasteiger partial charge in [0.2, 0.25) is 5.89 Å². The molecular formula is C18H15ClFN3O2. The summed E-state index contributed by atoms with van der Waals surface area (Å²) in [5.74, 6) is 0.686. The van der Waals surface area contributed by atoms with Crippen LogP contribution < -0.4 is 10.6 Å². The van der Waals surface area contributed by atoms with Crippen molar-refractivity contribution in [3.63, 3.8) is 0 Å². The predicted molar refractivity (Wildman–Crippen MR) is 93.9 cm³/mol. The van der Waals surface area contributed by atoms with Crippen LogP contribution in [0.1, 0.15) is 11.5 Å². The summed E-state index contributed by atoms with van der Waals surface area (Å²) in [7, 11) is 0. The minimum atomic E-state index is -0.418. The lowest BCUT2D eigenvalue weighted by molar-refractivity contribution is 0.251. The fourth-order valence-electron chi connectivity index (χ4n) is 2.21. The number of benzene rings is 2. The van der Waals surface area contributed by atoms with Crippen molar-refractivity contribution in [3.05, 3.63) is 70.8 Å². The van der Waals surface area contributed by atoms with E-state index in [2.05, 4.69) is 15.6 Å². The Balaban J connectivity index is 1.63. The lowest BCUT2D eigenvalue weighted by Crippen LogP contribution is -2.28. The number of aromatic nitrogens is 1. The standard InChI is InChI=1S/C18H15ClFN3O2/c1-11-16(23-17(25-11)12-3-2-4-13(19)9-12)10-21-18(24)22-15-7-5-14(20)6-8-15/h2-9H,10H2,1H3,(H2,21,22,24). The zero-order chi connectivity index (χ0) is 17.8. The number of carbonyl (C=O) groups is 1. The average Bonchev–Trinajstić information content (AvgIpc) is 2.96. The summed E-state index contributed by atoms with van der Waals surface area (Å²) in [4.78, 5) is 16.3. The lowest BCUT2D eigenvalue weighted by Gasteiger charge is -2.06. The van der Waals surface area contributed by atoms with Crippen molar-refractivity contribution in [3.8, 4) is 11.5 Å². The summed E-state index contributed by atoms with van der Waals surface area (Å²) in [5.41, 5.74) is 1.87. The van der Waals surface area contributed by atoms with E-state index in [0.29, 0.717) is 28.1 Å². The third-order valence-electron chi connectivity index (χ3n) is 3.48. The topological polar surface area (TPSA) is 67.2 Å². The second-order valence-corrected chi connectivity index (χ2v) is 5.78. The van der Waals surface area contributed by atoms with E-state index in [0.717, 1.165) is 5.56 Å². The molecule has 0 bridgehead atoms. The minimum absolute atomic E-state index is 0.197. The molecule has 0 fully saturated rings. The Hall–Kier alpha value is -2.86. The first-order valence-electron chi connectivity index (χ1n) is 7.54.